The molecule has 2 heterocycles. The van der Waals surface area contributed by atoms with Crippen LogP contribution in [0.25, 0.3) is 0 Å². The molecule has 1 N–H and O–H groups in total. The van der Waals surface area contributed by atoms with E-state index >= 15 is 0 Å². The number of hydrogen-bond acceptors (Lipinski definition) is 4. The number of aromatic nitrogens is 2. The number of rotatable bonds is 5. The van der Waals surface area contributed by atoms with E-state index in [2.05, 4.69) is 10.3 Å². The Labute approximate surface area is 147 Å². The molecule has 2 aromatic rings. The van der Waals surface area contributed by atoms with E-state index in [-0.39, 0.29) is 23.4 Å². The number of benzene rings is 1. The lowest BCUT2D eigenvalue weighted by atomic mass is 9.99. The molecule has 1 atom stereocenters. The van der Waals surface area contributed by atoms with E-state index in [9.17, 15) is 13.2 Å². The minimum atomic E-state index is -3.65. The van der Waals surface area contributed by atoms with Crippen LogP contribution in [0.1, 0.15) is 18.4 Å². The predicted molar refractivity (Wildman–Crippen MR) is 93.0 cm³/mol. The molecule has 1 aliphatic heterocycles. The van der Waals surface area contributed by atoms with Gasteiger partial charge in [0.15, 0.2) is 5.03 Å². The third-order valence-electron chi connectivity index (χ3n) is 4.35. The van der Waals surface area contributed by atoms with Crippen molar-refractivity contribution in [2.75, 3.05) is 13.1 Å². The maximum Gasteiger partial charge on any atom is 0.262 e. The molecule has 1 saturated heterocycles. The highest BCUT2D eigenvalue weighted by molar-refractivity contribution is 7.89. The molecule has 1 amide bonds. The van der Waals surface area contributed by atoms with Crippen LogP contribution in [0, 0.1) is 5.92 Å². The van der Waals surface area contributed by atoms with Crippen molar-refractivity contribution in [2.45, 2.75) is 24.4 Å². The number of sulfonamides is 1. The topological polar surface area (TPSA) is 84.3 Å². The predicted octanol–water partition coefficient (Wildman–Crippen LogP) is 1.14. The lowest BCUT2D eigenvalue weighted by Gasteiger charge is -2.30. The van der Waals surface area contributed by atoms with Gasteiger partial charge >= 0.3 is 0 Å². The van der Waals surface area contributed by atoms with E-state index in [1.54, 1.807) is 11.6 Å². The van der Waals surface area contributed by atoms with Crippen LogP contribution in [-0.2, 0) is 28.4 Å². The molecule has 8 heteroatoms. The van der Waals surface area contributed by atoms with Crippen LogP contribution in [0.4, 0.5) is 0 Å². The summed E-state index contributed by atoms with van der Waals surface area (Å²) in [6.45, 7) is 1.06. The third kappa shape index (κ3) is 4.08. The fraction of sp³-hybridized carbons (Fsp3) is 0.412. The molecule has 0 saturated carbocycles. The van der Waals surface area contributed by atoms with Gasteiger partial charge < -0.3 is 9.88 Å². The van der Waals surface area contributed by atoms with Crippen molar-refractivity contribution in [1.82, 2.24) is 19.2 Å². The standard InChI is InChI=1S/C17H22N4O3S/c1-20-12-16(19-13-20)25(23,24)21-9-5-8-15(11-21)17(22)18-10-14-6-3-2-4-7-14/h2-4,6-7,12-13,15H,5,8-11H2,1H3,(H,18,22). The fourth-order valence-corrected chi connectivity index (χ4v) is 4.45. The van der Waals surface area contributed by atoms with E-state index in [0.29, 0.717) is 25.9 Å². The summed E-state index contributed by atoms with van der Waals surface area (Å²) in [5.41, 5.74) is 1.02. The Hall–Kier alpha value is -2.19. The average molecular weight is 362 g/mol. The highest BCUT2D eigenvalue weighted by atomic mass is 32.2. The van der Waals surface area contributed by atoms with Crippen molar-refractivity contribution in [3.63, 3.8) is 0 Å². The Morgan fingerprint density at radius 2 is 2.08 bits per heavy atom. The first kappa shape index (κ1) is 17.6. The summed E-state index contributed by atoms with van der Waals surface area (Å²) in [5.74, 6) is -0.444. The smallest absolute Gasteiger partial charge is 0.262 e. The lowest BCUT2D eigenvalue weighted by Crippen LogP contribution is -2.45. The summed E-state index contributed by atoms with van der Waals surface area (Å²) in [5, 5.41) is 2.93. The first-order chi connectivity index (χ1) is 12.0. The maximum atomic E-state index is 12.7. The fourth-order valence-electron chi connectivity index (χ4n) is 2.96. The minimum absolute atomic E-state index is 0.0281. The number of hydrogen-bond donors (Lipinski definition) is 1. The van der Waals surface area contributed by atoms with Crippen LogP contribution < -0.4 is 5.32 Å². The van der Waals surface area contributed by atoms with Gasteiger partial charge in [0.05, 0.1) is 12.2 Å². The molecule has 0 spiro atoms. The van der Waals surface area contributed by atoms with Crippen LogP contribution in [-0.4, -0.2) is 41.3 Å². The highest BCUT2D eigenvalue weighted by Gasteiger charge is 2.34. The molecule has 1 fully saturated rings. The van der Waals surface area contributed by atoms with Gasteiger partial charge in [-0.3, -0.25) is 4.79 Å². The molecule has 1 aromatic carbocycles. The van der Waals surface area contributed by atoms with Crippen LogP contribution in [0.15, 0.2) is 47.9 Å². The van der Waals surface area contributed by atoms with E-state index in [1.807, 2.05) is 30.3 Å². The Morgan fingerprint density at radius 3 is 2.76 bits per heavy atom. The van der Waals surface area contributed by atoms with E-state index in [1.165, 1.54) is 16.8 Å². The zero-order chi connectivity index (χ0) is 17.9. The second-order valence-corrected chi connectivity index (χ2v) is 8.17. The third-order valence-corrected chi connectivity index (χ3v) is 6.10. The van der Waals surface area contributed by atoms with Gasteiger partial charge in [-0.15, -0.1) is 0 Å². The Kier molecular flexibility index (Phi) is 5.19. The molecule has 0 radical (unpaired) electrons. The van der Waals surface area contributed by atoms with Crippen molar-refractivity contribution in [1.29, 1.82) is 0 Å². The summed E-state index contributed by atoms with van der Waals surface area (Å²) in [6, 6.07) is 9.65. The van der Waals surface area contributed by atoms with Crippen LogP contribution in [0.2, 0.25) is 0 Å². The molecule has 1 aromatic heterocycles. The van der Waals surface area contributed by atoms with E-state index in [4.69, 9.17) is 0 Å². The highest BCUT2D eigenvalue weighted by Crippen LogP contribution is 2.23. The second kappa shape index (κ2) is 7.37. The zero-order valence-corrected chi connectivity index (χ0v) is 14.9. The number of nitrogens with zero attached hydrogens (tertiary/aromatic N) is 3. The summed E-state index contributed by atoms with van der Waals surface area (Å²) in [7, 11) is -1.93. The van der Waals surface area contributed by atoms with Gasteiger partial charge in [0.1, 0.15) is 0 Å². The Bertz CT molecular complexity index is 833. The van der Waals surface area contributed by atoms with Gasteiger partial charge in [-0.2, -0.15) is 4.31 Å². The number of imidazole rings is 1. The van der Waals surface area contributed by atoms with Gasteiger partial charge in [-0.05, 0) is 18.4 Å². The van der Waals surface area contributed by atoms with Gasteiger partial charge in [0.25, 0.3) is 10.0 Å². The number of nitrogens with one attached hydrogen (secondary N) is 1. The average Bonchev–Trinajstić information content (AvgIpc) is 3.08. The van der Waals surface area contributed by atoms with Crippen molar-refractivity contribution in [3.8, 4) is 0 Å². The van der Waals surface area contributed by atoms with E-state index < -0.39 is 10.0 Å². The molecular formula is C17H22N4O3S. The first-order valence-electron chi connectivity index (χ1n) is 8.26. The minimum Gasteiger partial charge on any atom is -0.352 e. The number of carbonyl (C=O) groups is 1. The number of piperidine rings is 1. The summed E-state index contributed by atoms with van der Waals surface area (Å²) in [6.07, 6.45) is 4.29. The van der Waals surface area contributed by atoms with E-state index in [0.717, 1.165) is 5.56 Å². The first-order valence-corrected chi connectivity index (χ1v) is 9.70. The maximum absolute atomic E-state index is 12.7. The molecule has 134 valence electrons. The number of carbonyl (C=O) groups excluding carboxylic acids is 1. The SMILES string of the molecule is Cn1cnc(S(=O)(=O)N2CCCC(C(=O)NCc3ccccc3)C2)c1. The normalized spacial score (nSPS) is 18.8. The quantitative estimate of drug-likeness (QED) is 0.864. The van der Waals surface area contributed by atoms with Crippen molar-refractivity contribution >= 4 is 15.9 Å². The lowest BCUT2D eigenvalue weighted by molar-refractivity contribution is -0.126. The van der Waals surface area contributed by atoms with Crippen LogP contribution >= 0.6 is 0 Å². The summed E-state index contributed by atoms with van der Waals surface area (Å²) >= 11 is 0. The number of aryl methyl sites for hydroxylation is 1. The molecule has 7 nitrogen and oxygen atoms in total. The molecule has 1 aliphatic rings. The summed E-state index contributed by atoms with van der Waals surface area (Å²) < 4.78 is 28.3. The van der Waals surface area contributed by atoms with Crippen molar-refractivity contribution in [3.05, 3.63) is 48.4 Å². The summed E-state index contributed by atoms with van der Waals surface area (Å²) in [4.78, 5) is 16.4. The van der Waals surface area contributed by atoms with Crippen molar-refractivity contribution < 1.29 is 13.2 Å². The molecule has 0 aliphatic carbocycles. The molecule has 3 rings (SSSR count). The second-order valence-electron chi connectivity index (χ2n) is 6.28. The molecule has 0 bridgehead atoms. The van der Waals surface area contributed by atoms with Gasteiger partial charge in [-0.25, -0.2) is 13.4 Å². The van der Waals surface area contributed by atoms with Gasteiger partial charge in [0, 0.05) is 32.9 Å². The van der Waals surface area contributed by atoms with Crippen molar-refractivity contribution in [2.24, 2.45) is 13.0 Å². The zero-order valence-electron chi connectivity index (χ0n) is 14.1. The van der Waals surface area contributed by atoms with Crippen LogP contribution in [0.3, 0.4) is 0 Å². The monoisotopic (exact) mass is 362 g/mol. The molecule has 1 unspecified atom stereocenters. The molecule has 25 heavy (non-hydrogen) atoms. The van der Waals surface area contributed by atoms with Gasteiger partial charge in [-0.1, -0.05) is 30.3 Å². The van der Waals surface area contributed by atoms with Gasteiger partial charge in [0.2, 0.25) is 5.91 Å². The Balaban J connectivity index is 1.63. The Morgan fingerprint density at radius 1 is 1.32 bits per heavy atom. The molecular weight excluding hydrogens is 340 g/mol. The number of amides is 1. The van der Waals surface area contributed by atoms with Crippen LogP contribution in [0.5, 0.6) is 0 Å². The largest absolute Gasteiger partial charge is 0.352 e.